The molecule has 0 spiro atoms. The number of halogens is 1. The van der Waals surface area contributed by atoms with Crippen LogP contribution < -0.4 is 5.32 Å². The summed E-state index contributed by atoms with van der Waals surface area (Å²) in [5.74, 6) is 1.87. The molecule has 2 fully saturated rings. The third kappa shape index (κ3) is 2.57. The smallest absolute Gasteiger partial charge is 0.358 e. The van der Waals surface area contributed by atoms with Gasteiger partial charge in [0.2, 0.25) is 5.03 Å². The minimum absolute atomic E-state index is 0.0898. The number of aromatic nitrogens is 2. The molecule has 0 amide bonds. The van der Waals surface area contributed by atoms with Crippen LogP contribution in [0.2, 0.25) is 5.15 Å². The van der Waals surface area contributed by atoms with Crippen LogP contribution in [-0.4, -0.2) is 37.0 Å². The van der Waals surface area contributed by atoms with Crippen LogP contribution in [0.4, 0.5) is 0 Å². The molecule has 3 atom stereocenters. The van der Waals surface area contributed by atoms with Crippen LogP contribution in [0, 0.1) is 11.8 Å². The van der Waals surface area contributed by atoms with Gasteiger partial charge in [0.1, 0.15) is 17.6 Å². The molecule has 5 rings (SSSR count). The number of nitrogens with zero attached hydrogens (tertiary/aromatic N) is 2. The summed E-state index contributed by atoms with van der Waals surface area (Å²) in [6.07, 6.45) is 7.06. The van der Waals surface area contributed by atoms with Crippen LogP contribution in [-0.2, 0) is 19.0 Å². The molecule has 2 aromatic rings. The molecule has 4 heterocycles. The van der Waals surface area contributed by atoms with E-state index < -0.39 is 10.1 Å². The second kappa shape index (κ2) is 5.98. The Morgan fingerprint density at radius 2 is 2.35 bits per heavy atom. The van der Waals surface area contributed by atoms with Crippen molar-refractivity contribution < 1.29 is 17.3 Å². The van der Waals surface area contributed by atoms with Crippen molar-refractivity contribution in [2.75, 3.05) is 13.1 Å². The number of ether oxygens (including phenoxy) is 1. The van der Waals surface area contributed by atoms with Crippen LogP contribution >= 0.6 is 22.9 Å². The fourth-order valence-corrected chi connectivity index (χ4v) is 6.34. The van der Waals surface area contributed by atoms with E-state index in [0.717, 1.165) is 25.3 Å². The van der Waals surface area contributed by atoms with Crippen molar-refractivity contribution in [3.05, 3.63) is 40.4 Å². The Balaban J connectivity index is 1.42. The van der Waals surface area contributed by atoms with E-state index in [-0.39, 0.29) is 22.0 Å². The molecule has 138 valence electrons. The zero-order valence-electron chi connectivity index (χ0n) is 13.6. The van der Waals surface area contributed by atoms with E-state index in [1.807, 2.05) is 6.08 Å². The molecule has 0 aromatic carbocycles. The number of thiazole rings is 1. The minimum atomic E-state index is -4.10. The van der Waals surface area contributed by atoms with E-state index >= 15 is 0 Å². The number of rotatable bonds is 3. The number of imidazole rings is 1. The van der Waals surface area contributed by atoms with E-state index in [2.05, 4.69) is 10.3 Å². The van der Waals surface area contributed by atoms with Crippen LogP contribution in [0.15, 0.2) is 40.3 Å². The molecule has 0 bridgehead atoms. The Hall–Kier alpha value is -1.55. The molecule has 7 nitrogen and oxygen atoms in total. The fourth-order valence-electron chi connectivity index (χ4n) is 3.97. The second-order valence-electron chi connectivity index (χ2n) is 6.61. The summed E-state index contributed by atoms with van der Waals surface area (Å²) in [5.41, 5.74) is 0. The molecule has 10 heteroatoms. The molecule has 1 aliphatic carbocycles. The standard InChI is InChI=1S/C16H16ClN3O4S2/c17-14-15(20-5-6-25-16(20)19-14)26(21,22)24-9-1-2-10-11-3-4-18-8-13(11)23-12(10)7-9/h1,5-7,10-11,13,18H,2-4,8H2. The molecule has 2 aromatic heterocycles. The highest BCUT2D eigenvalue weighted by Gasteiger charge is 2.43. The molecule has 0 radical (unpaired) electrons. The first-order valence-electron chi connectivity index (χ1n) is 8.37. The Kier molecular flexibility index (Phi) is 3.82. The second-order valence-corrected chi connectivity index (χ2v) is 9.30. The predicted octanol–water partition coefficient (Wildman–Crippen LogP) is 2.55. The molecule has 3 unspecified atom stereocenters. The Labute approximate surface area is 159 Å². The minimum Gasteiger partial charge on any atom is -0.493 e. The average molecular weight is 414 g/mol. The first-order valence-corrected chi connectivity index (χ1v) is 11.0. The lowest BCUT2D eigenvalue weighted by Gasteiger charge is -2.26. The van der Waals surface area contributed by atoms with Crippen molar-refractivity contribution >= 4 is 38.0 Å². The van der Waals surface area contributed by atoms with Gasteiger partial charge in [0.25, 0.3) is 0 Å². The third-order valence-corrected chi connectivity index (χ3v) is 7.53. The van der Waals surface area contributed by atoms with Crippen molar-refractivity contribution in [3.63, 3.8) is 0 Å². The highest BCUT2D eigenvalue weighted by molar-refractivity contribution is 7.86. The van der Waals surface area contributed by atoms with Crippen LogP contribution in [0.3, 0.4) is 0 Å². The van der Waals surface area contributed by atoms with Crippen molar-refractivity contribution in [2.45, 2.75) is 24.0 Å². The zero-order chi connectivity index (χ0) is 17.9. The fraction of sp³-hybridized carbons (Fsp3) is 0.438. The Bertz CT molecular complexity index is 1040. The monoisotopic (exact) mass is 413 g/mol. The lowest BCUT2D eigenvalue weighted by molar-refractivity contribution is 0.108. The highest BCUT2D eigenvalue weighted by atomic mass is 35.5. The van der Waals surface area contributed by atoms with Gasteiger partial charge in [-0.1, -0.05) is 11.6 Å². The number of hydrogen-bond acceptors (Lipinski definition) is 7. The van der Waals surface area contributed by atoms with Crippen molar-refractivity contribution in [1.82, 2.24) is 14.7 Å². The van der Waals surface area contributed by atoms with Crippen molar-refractivity contribution in [2.24, 2.45) is 11.8 Å². The lowest BCUT2D eigenvalue weighted by atomic mass is 9.81. The van der Waals surface area contributed by atoms with Gasteiger partial charge in [-0.25, -0.2) is 4.98 Å². The number of fused-ring (bicyclic) bond motifs is 4. The normalized spacial score (nSPS) is 28.1. The molecule has 1 N–H and O–H groups in total. The van der Waals surface area contributed by atoms with Crippen LogP contribution in [0.25, 0.3) is 4.96 Å². The average Bonchev–Trinajstić information content (AvgIpc) is 3.25. The van der Waals surface area contributed by atoms with E-state index in [1.165, 1.54) is 15.7 Å². The largest absolute Gasteiger partial charge is 0.493 e. The molecule has 2 saturated heterocycles. The Morgan fingerprint density at radius 1 is 1.46 bits per heavy atom. The van der Waals surface area contributed by atoms with Gasteiger partial charge >= 0.3 is 10.1 Å². The number of piperidine rings is 1. The maximum atomic E-state index is 12.8. The summed E-state index contributed by atoms with van der Waals surface area (Å²) < 4.78 is 38.3. The van der Waals surface area contributed by atoms with Crippen molar-refractivity contribution in [1.29, 1.82) is 0 Å². The summed E-state index contributed by atoms with van der Waals surface area (Å²) in [7, 11) is -4.10. The Morgan fingerprint density at radius 3 is 3.23 bits per heavy atom. The SMILES string of the molecule is O=S(=O)(OC1=CCC2C(=C1)OC1CNCCC12)c1c(Cl)nc2sccn12. The molecular weight excluding hydrogens is 398 g/mol. The summed E-state index contributed by atoms with van der Waals surface area (Å²) in [5, 5.41) is 4.84. The van der Waals surface area contributed by atoms with Crippen molar-refractivity contribution in [3.8, 4) is 0 Å². The summed E-state index contributed by atoms with van der Waals surface area (Å²) in [6, 6.07) is 0. The van der Waals surface area contributed by atoms with E-state index in [1.54, 1.807) is 17.7 Å². The first-order chi connectivity index (χ1) is 12.5. The van der Waals surface area contributed by atoms with Gasteiger partial charge in [-0.15, -0.1) is 11.3 Å². The summed E-state index contributed by atoms with van der Waals surface area (Å²) in [6.45, 7) is 1.82. The summed E-state index contributed by atoms with van der Waals surface area (Å²) >= 11 is 7.34. The number of hydrogen-bond donors (Lipinski definition) is 1. The molecule has 26 heavy (non-hydrogen) atoms. The van der Waals surface area contributed by atoms with E-state index in [0.29, 0.717) is 23.2 Å². The number of nitrogens with one attached hydrogen (secondary N) is 1. The molecule has 3 aliphatic rings. The maximum absolute atomic E-state index is 12.8. The van der Waals surface area contributed by atoms with Gasteiger partial charge in [0.05, 0.1) is 0 Å². The number of allylic oxidation sites excluding steroid dienone is 3. The molecule has 0 saturated carbocycles. The quantitative estimate of drug-likeness (QED) is 0.779. The van der Waals surface area contributed by atoms with Gasteiger partial charge in [0.15, 0.2) is 10.1 Å². The van der Waals surface area contributed by atoms with Gasteiger partial charge in [-0.05, 0) is 25.5 Å². The first kappa shape index (κ1) is 16.6. The molecule has 2 aliphatic heterocycles. The van der Waals surface area contributed by atoms with E-state index in [9.17, 15) is 8.42 Å². The van der Waals surface area contributed by atoms with Gasteiger partial charge in [-0.3, -0.25) is 4.40 Å². The lowest BCUT2D eigenvalue weighted by Crippen LogP contribution is -2.39. The van der Waals surface area contributed by atoms with Crippen LogP contribution in [0.5, 0.6) is 0 Å². The zero-order valence-corrected chi connectivity index (χ0v) is 16.0. The van der Waals surface area contributed by atoms with Crippen LogP contribution in [0.1, 0.15) is 12.8 Å². The highest BCUT2D eigenvalue weighted by Crippen LogP contribution is 2.44. The third-order valence-electron chi connectivity index (χ3n) is 5.13. The van der Waals surface area contributed by atoms with Gasteiger partial charge < -0.3 is 14.2 Å². The van der Waals surface area contributed by atoms with Gasteiger partial charge in [-0.2, -0.15) is 8.42 Å². The topological polar surface area (TPSA) is 81.9 Å². The summed E-state index contributed by atoms with van der Waals surface area (Å²) in [4.78, 5) is 4.56. The van der Waals surface area contributed by atoms with Gasteiger partial charge in [0, 0.05) is 36.0 Å². The molecular formula is C16H16ClN3O4S2. The maximum Gasteiger partial charge on any atom is 0.358 e. The van der Waals surface area contributed by atoms with E-state index in [4.69, 9.17) is 20.5 Å². The predicted molar refractivity (Wildman–Crippen MR) is 96.5 cm³/mol.